The van der Waals surface area contributed by atoms with Gasteiger partial charge < -0.3 is 4.90 Å². The van der Waals surface area contributed by atoms with Gasteiger partial charge in [-0.05, 0) is 32.1 Å². The van der Waals surface area contributed by atoms with Gasteiger partial charge in [0.05, 0.1) is 5.41 Å². The molecule has 0 saturated carbocycles. The van der Waals surface area contributed by atoms with Gasteiger partial charge in [0.15, 0.2) is 0 Å². The summed E-state index contributed by atoms with van der Waals surface area (Å²) < 4.78 is 0. The molecule has 0 bridgehead atoms. The minimum absolute atomic E-state index is 0.188. The van der Waals surface area contributed by atoms with E-state index in [9.17, 15) is 4.79 Å². The van der Waals surface area contributed by atoms with Crippen molar-refractivity contribution in [1.29, 1.82) is 0 Å². The number of amides is 1. The average Bonchev–Trinajstić information content (AvgIpc) is 2.64. The Morgan fingerprint density at radius 2 is 1.71 bits per heavy atom. The van der Waals surface area contributed by atoms with E-state index in [1.807, 2.05) is 6.08 Å². The lowest BCUT2D eigenvalue weighted by atomic mass is 9.77. The summed E-state index contributed by atoms with van der Waals surface area (Å²) in [5.74, 6) is 0.365. The van der Waals surface area contributed by atoms with E-state index in [2.05, 4.69) is 25.3 Å². The Balaban J connectivity index is 2.78. The highest BCUT2D eigenvalue weighted by molar-refractivity contribution is 5.82. The van der Waals surface area contributed by atoms with Gasteiger partial charge in [-0.1, -0.05) is 32.8 Å². The molecule has 2 heteroatoms. The number of nitrogens with zero attached hydrogens (tertiary/aromatic N) is 1. The van der Waals surface area contributed by atoms with E-state index in [4.69, 9.17) is 0 Å². The third-order valence-electron chi connectivity index (χ3n) is 4.24. The molecule has 0 aromatic rings. The lowest BCUT2D eigenvalue weighted by Gasteiger charge is -2.35. The van der Waals surface area contributed by atoms with Gasteiger partial charge in [-0.2, -0.15) is 0 Å². The summed E-state index contributed by atoms with van der Waals surface area (Å²) in [6.07, 6.45) is 9.45. The maximum atomic E-state index is 12.7. The fourth-order valence-electron chi connectivity index (χ4n) is 2.81. The molecule has 0 N–H and O–H groups in total. The van der Waals surface area contributed by atoms with Gasteiger partial charge in [0.25, 0.3) is 0 Å². The van der Waals surface area contributed by atoms with Crippen molar-refractivity contribution in [2.45, 2.75) is 58.8 Å². The van der Waals surface area contributed by atoms with E-state index in [0.717, 1.165) is 32.4 Å². The highest BCUT2D eigenvalue weighted by Gasteiger charge is 2.36. The van der Waals surface area contributed by atoms with Crippen molar-refractivity contribution in [3.05, 3.63) is 12.7 Å². The van der Waals surface area contributed by atoms with Crippen LogP contribution >= 0.6 is 0 Å². The average molecular weight is 237 g/mol. The van der Waals surface area contributed by atoms with Crippen molar-refractivity contribution in [3.8, 4) is 0 Å². The number of carbonyl (C=O) groups is 1. The Labute approximate surface area is 106 Å². The van der Waals surface area contributed by atoms with Crippen LogP contribution in [0.1, 0.15) is 58.8 Å². The molecule has 1 saturated heterocycles. The SMILES string of the molecule is C=CCC(CC)(CC)C(=O)N1CCCCCC1. The van der Waals surface area contributed by atoms with Crippen molar-refractivity contribution in [2.24, 2.45) is 5.41 Å². The first kappa shape index (κ1) is 14.3. The molecule has 0 aromatic heterocycles. The maximum Gasteiger partial charge on any atom is 0.229 e. The highest BCUT2D eigenvalue weighted by atomic mass is 16.2. The molecule has 1 amide bonds. The summed E-state index contributed by atoms with van der Waals surface area (Å²) in [5, 5.41) is 0. The molecular formula is C15H27NO. The van der Waals surface area contributed by atoms with Crippen LogP contribution in [0, 0.1) is 5.41 Å². The minimum atomic E-state index is -0.188. The monoisotopic (exact) mass is 237 g/mol. The first-order valence-corrected chi connectivity index (χ1v) is 7.10. The number of rotatable bonds is 5. The topological polar surface area (TPSA) is 20.3 Å². The molecule has 0 radical (unpaired) electrons. The second-order valence-corrected chi connectivity index (χ2v) is 5.19. The van der Waals surface area contributed by atoms with Crippen molar-refractivity contribution in [2.75, 3.05) is 13.1 Å². The number of hydrogen-bond donors (Lipinski definition) is 0. The number of allylic oxidation sites excluding steroid dienone is 1. The third-order valence-corrected chi connectivity index (χ3v) is 4.24. The standard InChI is InChI=1S/C15H27NO/c1-4-11-15(5-2,6-3)14(17)16-12-9-7-8-10-13-16/h4H,1,5-13H2,2-3H3. The quantitative estimate of drug-likeness (QED) is 0.666. The van der Waals surface area contributed by atoms with Crippen molar-refractivity contribution >= 4 is 5.91 Å². The molecule has 0 unspecified atom stereocenters. The van der Waals surface area contributed by atoms with Crippen molar-refractivity contribution in [3.63, 3.8) is 0 Å². The molecule has 2 nitrogen and oxygen atoms in total. The molecule has 17 heavy (non-hydrogen) atoms. The van der Waals surface area contributed by atoms with Gasteiger partial charge in [0.2, 0.25) is 5.91 Å². The van der Waals surface area contributed by atoms with Crippen LogP contribution < -0.4 is 0 Å². The van der Waals surface area contributed by atoms with E-state index in [1.165, 1.54) is 25.7 Å². The van der Waals surface area contributed by atoms with Crippen LogP contribution in [0.3, 0.4) is 0 Å². The zero-order chi connectivity index (χ0) is 12.7. The molecular weight excluding hydrogens is 210 g/mol. The Hall–Kier alpha value is -0.790. The summed E-state index contributed by atoms with van der Waals surface area (Å²) in [7, 11) is 0. The molecule has 0 aliphatic carbocycles. The smallest absolute Gasteiger partial charge is 0.229 e. The molecule has 0 aromatic carbocycles. The summed E-state index contributed by atoms with van der Waals surface area (Å²) >= 11 is 0. The van der Waals surface area contributed by atoms with E-state index in [-0.39, 0.29) is 5.41 Å². The maximum absolute atomic E-state index is 12.7. The second kappa shape index (κ2) is 6.83. The highest BCUT2D eigenvalue weighted by Crippen LogP contribution is 2.34. The van der Waals surface area contributed by atoms with Gasteiger partial charge in [-0.15, -0.1) is 6.58 Å². The van der Waals surface area contributed by atoms with E-state index in [0.29, 0.717) is 5.91 Å². The van der Waals surface area contributed by atoms with Crippen molar-refractivity contribution < 1.29 is 4.79 Å². The summed E-state index contributed by atoms with van der Waals surface area (Å²) in [5.41, 5.74) is -0.188. The zero-order valence-corrected chi connectivity index (χ0v) is 11.5. The van der Waals surface area contributed by atoms with Crippen LogP contribution in [0.2, 0.25) is 0 Å². The van der Waals surface area contributed by atoms with Gasteiger partial charge in [-0.3, -0.25) is 4.79 Å². The minimum Gasteiger partial charge on any atom is -0.342 e. The van der Waals surface area contributed by atoms with Crippen LogP contribution in [0.15, 0.2) is 12.7 Å². The van der Waals surface area contributed by atoms with Crippen LogP contribution in [0.5, 0.6) is 0 Å². The van der Waals surface area contributed by atoms with Gasteiger partial charge in [-0.25, -0.2) is 0 Å². The van der Waals surface area contributed by atoms with E-state index in [1.54, 1.807) is 0 Å². The fourth-order valence-corrected chi connectivity index (χ4v) is 2.81. The predicted molar refractivity (Wildman–Crippen MR) is 72.9 cm³/mol. The van der Waals surface area contributed by atoms with Crippen LogP contribution in [0.4, 0.5) is 0 Å². The lowest BCUT2D eigenvalue weighted by molar-refractivity contribution is -0.142. The van der Waals surface area contributed by atoms with E-state index < -0.39 is 0 Å². The number of hydrogen-bond acceptors (Lipinski definition) is 1. The van der Waals surface area contributed by atoms with Crippen LogP contribution in [-0.4, -0.2) is 23.9 Å². The molecule has 98 valence electrons. The summed E-state index contributed by atoms with van der Waals surface area (Å²) in [6, 6.07) is 0. The van der Waals surface area contributed by atoms with Crippen LogP contribution in [-0.2, 0) is 4.79 Å². The normalized spacial score (nSPS) is 17.6. The first-order chi connectivity index (χ1) is 8.20. The second-order valence-electron chi connectivity index (χ2n) is 5.19. The molecule has 0 atom stereocenters. The fraction of sp³-hybridized carbons (Fsp3) is 0.800. The van der Waals surface area contributed by atoms with Gasteiger partial charge in [0, 0.05) is 13.1 Å². The Bertz CT molecular complexity index is 248. The Morgan fingerprint density at radius 3 is 2.12 bits per heavy atom. The molecule has 1 fully saturated rings. The largest absolute Gasteiger partial charge is 0.342 e. The van der Waals surface area contributed by atoms with Gasteiger partial charge >= 0.3 is 0 Å². The van der Waals surface area contributed by atoms with Gasteiger partial charge in [0.1, 0.15) is 0 Å². The molecule has 0 spiro atoms. The lowest BCUT2D eigenvalue weighted by Crippen LogP contribution is -2.43. The summed E-state index contributed by atoms with van der Waals surface area (Å²) in [4.78, 5) is 14.8. The van der Waals surface area contributed by atoms with E-state index >= 15 is 0 Å². The number of likely N-dealkylation sites (tertiary alicyclic amines) is 1. The summed E-state index contributed by atoms with van der Waals surface area (Å²) in [6.45, 7) is 9.98. The molecule has 1 aliphatic heterocycles. The Kier molecular flexibility index (Phi) is 5.73. The first-order valence-electron chi connectivity index (χ1n) is 7.10. The van der Waals surface area contributed by atoms with Crippen molar-refractivity contribution in [1.82, 2.24) is 4.90 Å². The predicted octanol–water partition coefficient (Wildman–Crippen LogP) is 3.77. The third kappa shape index (κ3) is 3.34. The zero-order valence-electron chi connectivity index (χ0n) is 11.5. The van der Waals surface area contributed by atoms with Crippen LogP contribution in [0.25, 0.3) is 0 Å². The Morgan fingerprint density at radius 1 is 1.18 bits per heavy atom. The molecule has 1 aliphatic rings. The number of carbonyl (C=O) groups excluding carboxylic acids is 1. The molecule has 1 heterocycles. The molecule has 1 rings (SSSR count).